The molecule has 0 spiro atoms. The van der Waals surface area contributed by atoms with Crippen molar-refractivity contribution in [2.75, 3.05) is 54.9 Å². The van der Waals surface area contributed by atoms with E-state index in [2.05, 4.69) is 33.6 Å². The highest BCUT2D eigenvalue weighted by molar-refractivity contribution is 7.90. The van der Waals surface area contributed by atoms with Gasteiger partial charge >= 0.3 is 0 Å². The number of rotatable bonds is 5. The minimum atomic E-state index is -3.17. The maximum Gasteiger partial charge on any atom is 0.228 e. The first-order valence-corrected chi connectivity index (χ1v) is 13.4. The molecule has 0 radical (unpaired) electrons. The highest BCUT2D eigenvalue weighted by Gasteiger charge is 2.54. The molecule has 2 aromatic heterocycles. The predicted octanol–water partition coefficient (Wildman–Crippen LogP) is 0.670. The Bertz CT molecular complexity index is 1210. The van der Waals surface area contributed by atoms with Crippen LogP contribution in [0.2, 0.25) is 0 Å². The largest absolute Gasteiger partial charge is 0.377 e. The summed E-state index contributed by atoms with van der Waals surface area (Å²) in [5, 5.41) is -0.184. The number of hydrogen-bond acceptors (Lipinski definition) is 10. The fraction of sp³-hybridized carbons (Fsp3) is 0.636. The van der Waals surface area contributed by atoms with Gasteiger partial charge in [0.15, 0.2) is 0 Å². The lowest BCUT2D eigenvalue weighted by atomic mass is 9.93. The summed E-state index contributed by atoms with van der Waals surface area (Å²) in [5.41, 5.74) is 8.08. The Morgan fingerprint density at radius 1 is 1.15 bits per heavy atom. The molecule has 3 fully saturated rings. The molecule has 2 saturated heterocycles. The normalized spacial score (nSPS) is 24.7. The second-order valence-electron chi connectivity index (χ2n) is 10.0. The van der Waals surface area contributed by atoms with E-state index >= 15 is 0 Å². The molecule has 2 N–H and O–H groups in total. The molecular formula is C22H30N8O3S. The molecule has 0 aromatic carbocycles. The van der Waals surface area contributed by atoms with E-state index < -0.39 is 10.0 Å². The highest BCUT2D eigenvalue weighted by atomic mass is 32.2. The molecule has 5 heterocycles. The number of aromatic nitrogens is 4. The first kappa shape index (κ1) is 21.9. The average molecular weight is 487 g/mol. The van der Waals surface area contributed by atoms with Crippen LogP contribution in [0.3, 0.4) is 0 Å². The van der Waals surface area contributed by atoms with Crippen LogP contribution in [-0.4, -0.2) is 88.9 Å². The molecule has 11 nitrogen and oxygen atoms in total. The van der Waals surface area contributed by atoms with Crippen molar-refractivity contribution in [1.29, 1.82) is 0 Å². The van der Waals surface area contributed by atoms with Crippen molar-refractivity contribution in [1.82, 2.24) is 24.2 Å². The number of morpholine rings is 1. The minimum absolute atomic E-state index is 0.149. The van der Waals surface area contributed by atoms with E-state index in [0.717, 1.165) is 48.4 Å². The predicted molar refractivity (Wildman–Crippen MR) is 128 cm³/mol. The molecule has 1 saturated carbocycles. The number of anilines is 3. The van der Waals surface area contributed by atoms with E-state index in [1.54, 1.807) is 16.7 Å². The second-order valence-corrected chi connectivity index (χ2v) is 12.2. The van der Waals surface area contributed by atoms with E-state index in [0.29, 0.717) is 38.8 Å². The SMILES string of the molecule is CC1COCCN1c1nc(-c2cnc(N)nc2)c2c(n1)N(C1(C)CN(S(=O)(=O)C3CC3)C1)CC2. The van der Waals surface area contributed by atoms with Crippen LogP contribution in [0, 0.1) is 0 Å². The number of nitrogen functional groups attached to an aromatic ring is 1. The maximum absolute atomic E-state index is 12.7. The molecule has 2 aromatic rings. The lowest BCUT2D eigenvalue weighted by Crippen LogP contribution is -2.70. The van der Waals surface area contributed by atoms with Gasteiger partial charge in [0, 0.05) is 49.7 Å². The van der Waals surface area contributed by atoms with E-state index in [1.165, 1.54) is 0 Å². The third kappa shape index (κ3) is 3.50. The fourth-order valence-electron chi connectivity index (χ4n) is 5.26. The molecule has 0 bridgehead atoms. The zero-order chi connectivity index (χ0) is 23.7. The Morgan fingerprint density at radius 3 is 2.56 bits per heavy atom. The Labute approximate surface area is 199 Å². The summed E-state index contributed by atoms with van der Waals surface area (Å²) in [6.45, 7) is 7.93. The zero-order valence-corrected chi connectivity index (χ0v) is 20.3. The monoisotopic (exact) mass is 486 g/mol. The van der Waals surface area contributed by atoms with E-state index in [1.807, 2.05) is 0 Å². The standard InChI is InChI=1S/C22H30N8O3S/c1-14-11-33-8-7-29(14)21-26-18(15-9-24-20(23)25-10-15)17-5-6-30(19(17)27-21)22(2)12-28(13-22)34(31,32)16-3-4-16/h9-10,14,16H,3-8,11-13H2,1-2H3,(H2,23,24,25). The zero-order valence-electron chi connectivity index (χ0n) is 19.5. The van der Waals surface area contributed by atoms with Gasteiger partial charge in [-0.3, -0.25) is 0 Å². The Kier molecular flexibility index (Phi) is 4.98. The summed E-state index contributed by atoms with van der Waals surface area (Å²) < 4.78 is 32.7. The Hall–Kier alpha value is -2.57. The van der Waals surface area contributed by atoms with Crippen molar-refractivity contribution in [2.45, 2.75) is 49.9 Å². The molecule has 34 heavy (non-hydrogen) atoms. The van der Waals surface area contributed by atoms with Crippen LogP contribution >= 0.6 is 0 Å². The van der Waals surface area contributed by atoms with Gasteiger partial charge in [-0.05, 0) is 33.1 Å². The van der Waals surface area contributed by atoms with E-state index in [-0.39, 0.29) is 22.8 Å². The van der Waals surface area contributed by atoms with Crippen LogP contribution in [0.5, 0.6) is 0 Å². The van der Waals surface area contributed by atoms with Gasteiger partial charge in [0.05, 0.1) is 35.7 Å². The van der Waals surface area contributed by atoms with Crippen LogP contribution in [0.4, 0.5) is 17.7 Å². The van der Waals surface area contributed by atoms with Crippen LogP contribution in [0.25, 0.3) is 11.3 Å². The molecule has 182 valence electrons. The van der Waals surface area contributed by atoms with Crippen molar-refractivity contribution in [3.05, 3.63) is 18.0 Å². The molecule has 1 atom stereocenters. The van der Waals surface area contributed by atoms with Crippen molar-refractivity contribution in [3.8, 4) is 11.3 Å². The molecule has 4 aliphatic rings. The summed E-state index contributed by atoms with van der Waals surface area (Å²) in [5.74, 6) is 1.75. The Morgan fingerprint density at radius 2 is 1.88 bits per heavy atom. The summed E-state index contributed by atoms with van der Waals surface area (Å²) in [6.07, 6.45) is 5.75. The molecule has 1 aliphatic carbocycles. The smallest absolute Gasteiger partial charge is 0.228 e. The second kappa shape index (κ2) is 7.72. The van der Waals surface area contributed by atoms with Gasteiger partial charge in [0.2, 0.25) is 21.9 Å². The quantitative estimate of drug-likeness (QED) is 0.643. The lowest BCUT2D eigenvalue weighted by Gasteiger charge is -2.52. The first-order valence-electron chi connectivity index (χ1n) is 11.9. The van der Waals surface area contributed by atoms with Gasteiger partial charge in [0.25, 0.3) is 0 Å². The van der Waals surface area contributed by atoms with Crippen LogP contribution in [-0.2, 0) is 21.2 Å². The topological polar surface area (TPSA) is 131 Å². The molecular weight excluding hydrogens is 456 g/mol. The van der Waals surface area contributed by atoms with Gasteiger partial charge in [-0.1, -0.05) is 0 Å². The van der Waals surface area contributed by atoms with Crippen molar-refractivity contribution in [2.24, 2.45) is 0 Å². The third-order valence-corrected chi connectivity index (χ3v) is 9.67. The summed E-state index contributed by atoms with van der Waals surface area (Å²) in [6, 6.07) is 0.149. The number of nitrogens with zero attached hydrogens (tertiary/aromatic N) is 7. The minimum Gasteiger partial charge on any atom is -0.377 e. The number of ether oxygens (including phenoxy) is 1. The van der Waals surface area contributed by atoms with Crippen molar-refractivity contribution < 1.29 is 13.2 Å². The third-order valence-electron chi connectivity index (χ3n) is 7.38. The maximum atomic E-state index is 12.7. The van der Waals surface area contributed by atoms with Gasteiger partial charge in [-0.2, -0.15) is 9.29 Å². The van der Waals surface area contributed by atoms with Crippen molar-refractivity contribution >= 4 is 27.7 Å². The Balaban J connectivity index is 1.38. The van der Waals surface area contributed by atoms with E-state index in [4.69, 9.17) is 20.4 Å². The summed E-state index contributed by atoms with van der Waals surface area (Å²) in [7, 11) is -3.17. The van der Waals surface area contributed by atoms with E-state index in [9.17, 15) is 8.42 Å². The number of nitrogens with two attached hydrogens (primary N) is 1. The van der Waals surface area contributed by atoms with Crippen molar-refractivity contribution in [3.63, 3.8) is 0 Å². The fourth-order valence-corrected chi connectivity index (χ4v) is 7.33. The van der Waals surface area contributed by atoms with Gasteiger partial charge in [-0.25, -0.2) is 23.4 Å². The molecule has 0 amide bonds. The number of hydrogen-bond donors (Lipinski definition) is 1. The summed E-state index contributed by atoms with van der Waals surface area (Å²) >= 11 is 0. The molecule has 3 aliphatic heterocycles. The van der Waals surface area contributed by atoms with Crippen LogP contribution in [0.15, 0.2) is 12.4 Å². The van der Waals surface area contributed by atoms with Gasteiger partial charge < -0.3 is 20.3 Å². The molecule has 6 rings (SSSR count). The highest BCUT2D eigenvalue weighted by Crippen LogP contribution is 2.44. The average Bonchev–Trinajstić information content (AvgIpc) is 3.58. The van der Waals surface area contributed by atoms with Crippen LogP contribution in [0.1, 0.15) is 32.3 Å². The van der Waals surface area contributed by atoms with Gasteiger partial charge in [0.1, 0.15) is 5.82 Å². The number of sulfonamides is 1. The lowest BCUT2D eigenvalue weighted by molar-refractivity contribution is 0.0981. The number of fused-ring (bicyclic) bond motifs is 1. The summed E-state index contributed by atoms with van der Waals surface area (Å²) in [4.78, 5) is 22.8. The van der Waals surface area contributed by atoms with Gasteiger partial charge in [-0.15, -0.1) is 0 Å². The van der Waals surface area contributed by atoms with Crippen LogP contribution < -0.4 is 15.5 Å². The first-order chi connectivity index (χ1) is 16.3. The molecule has 12 heteroatoms. The molecule has 1 unspecified atom stereocenters.